The van der Waals surface area contributed by atoms with Gasteiger partial charge in [0, 0.05) is 0 Å². The minimum atomic E-state index is 0.497. The highest BCUT2D eigenvalue weighted by molar-refractivity contribution is 6.24. The van der Waals surface area contributed by atoms with E-state index in [0.717, 1.165) is 60.2 Å². The Hall–Kier alpha value is -6.00. The molecule has 9 aromatic rings. The Kier molecular flexibility index (Phi) is 12.3. The van der Waals surface area contributed by atoms with Crippen LogP contribution in [-0.4, -0.2) is 13.2 Å². The lowest BCUT2D eigenvalue weighted by atomic mass is 9.94. The van der Waals surface area contributed by atoms with Crippen molar-refractivity contribution in [3.05, 3.63) is 145 Å². The topological polar surface area (TPSA) is 36.9 Å². The molecule has 0 aromatic heterocycles. The Morgan fingerprint density at radius 2 is 0.516 bits per heavy atom. The molecule has 9 aromatic carbocycles. The minimum Gasteiger partial charge on any atom is -0.494 e. The maximum absolute atomic E-state index is 6.41. The van der Waals surface area contributed by atoms with Crippen molar-refractivity contribution < 1.29 is 18.9 Å². The fourth-order valence-corrected chi connectivity index (χ4v) is 9.72. The molecule has 0 aliphatic carbocycles. The molecule has 15 rings (SSSR count). The van der Waals surface area contributed by atoms with Crippen LogP contribution in [0.4, 0.5) is 0 Å². The molecular formula is C58H58O4. The van der Waals surface area contributed by atoms with Crippen LogP contribution in [0, 0.1) is 0 Å². The van der Waals surface area contributed by atoms with Crippen molar-refractivity contribution in [1.82, 2.24) is 0 Å². The number of rotatable bonds is 0. The summed E-state index contributed by atoms with van der Waals surface area (Å²) in [6.07, 6.45) is 22.3. The number of benzene rings is 9. The molecule has 6 heterocycles. The maximum atomic E-state index is 6.41. The van der Waals surface area contributed by atoms with Crippen molar-refractivity contribution in [2.45, 2.75) is 103 Å². The average Bonchev–Trinajstić information content (AvgIpc) is 3.30. The first-order valence-corrected chi connectivity index (χ1v) is 23.4. The van der Waals surface area contributed by atoms with Crippen molar-refractivity contribution in [3.63, 3.8) is 0 Å². The summed E-state index contributed by atoms with van der Waals surface area (Å²) in [7, 11) is 0. The Morgan fingerprint density at radius 1 is 0.258 bits per heavy atom. The van der Waals surface area contributed by atoms with E-state index >= 15 is 0 Å². The second-order valence-electron chi connectivity index (χ2n) is 17.6. The first kappa shape index (κ1) is 40.1. The molecule has 0 saturated carbocycles. The van der Waals surface area contributed by atoms with Crippen LogP contribution in [0.25, 0.3) is 64.6 Å². The molecule has 4 nitrogen and oxygen atoms in total. The zero-order valence-corrected chi connectivity index (χ0v) is 36.1. The van der Waals surface area contributed by atoms with E-state index in [0.29, 0.717) is 13.2 Å². The molecule has 0 amide bonds. The van der Waals surface area contributed by atoms with Gasteiger partial charge >= 0.3 is 0 Å². The van der Waals surface area contributed by atoms with Gasteiger partial charge in [-0.15, -0.1) is 0 Å². The zero-order chi connectivity index (χ0) is 41.5. The van der Waals surface area contributed by atoms with E-state index in [2.05, 4.69) is 133 Å². The number of fused-ring (bicyclic) bond motifs is 2. The van der Waals surface area contributed by atoms with E-state index in [1.165, 1.54) is 142 Å². The van der Waals surface area contributed by atoms with Crippen LogP contribution in [-0.2, 0) is 13.2 Å². The molecule has 4 heteroatoms. The average molecular weight is 819 g/mol. The molecule has 62 heavy (non-hydrogen) atoms. The van der Waals surface area contributed by atoms with Gasteiger partial charge in [0.1, 0.15) is 36.2 Å². The van der Waals surface area contributed by atoms with Gasteiger partial charge in [0.05, 0.1) is 13.2 Å². The van der Waals surface area contributed by atoms with Crippen molar-refractivity contribution in [2.24, 2.45) is 0 Å². The molecule has 0 radical (unpaired) electrons. The second-order valence-corrected chi connectivity index (χ2v) is 17.6. The van der Waals surface area contributed by atoms with Crippen LogP contribution >= 0.6 is 0 Å². The van der Waals surface area contributed by atoms with E-state index in [4.69, 9.17) is 18.9 Å². The highest BCUT2D eigenvalue weighted by atomic mass is 16.5. The van der Waals surface area contributed by atoms with Gasteiger partial charge in [-0.3, -0.25) is 0 Å². The van der Waals surface area contributed by atoms with Gasteiger partial charge in [0.2, 0.25) is 0 Å². The van der Waals surface area contributed by atoms with E-state index in [1.54, 1.807) is 0 Å². The monoisotopic (exact) mass is 818 g/mol. The highest BCUT2D eigenvalue weighted by Crippen LogP contribution is 2.41. The van der Waals surface area contributed by atoms with Crippen LogP contribution < -0.4 is 18.9 Å². The Bertz CT molecular complexity index is 2590. The minimum absolute atomic E-state index is 0.497. The van der Waals surface area contributed by atoms with Gasteiger partial charge in [0.15, 0.2) is 0 Å². The predicted octanol–water partition coefficient (Wildman–Crippen LogP) is 16.4. The second kappa shape index (κ2) is 18.9. The number of hydrogen-bond donors (Lipinski definition) is 0. The fraction of sp³-hybridized carbons (Fsp3) is 0.310. The Balaban J connectivity index is 0.824. The van der Waals surface area contributed by atoms with Gasteiger partial charge in [-0.05, 0) is 163 Å². The molecule has 18 bridgehead atoms. The lowest BCUT2D eigenvalue weighted by Gasteiger charge is -2.15. The standard InChI is InChI=1S/C58H58O4/c1-2-4-6-8-10-12-14-16-30-60-52-33-45-23-27-49-37-54(38-50-28-24-46(34-52)56(45)58(49)50)62-40-42-19-17-41(18-20-42)39-61-53-35-47-25-21-43-31-51(59-29-15-13-11-9-7-5-3-1)32-44-22-26-48(36-53)57(47)55(43)44/h1-2,17-28,31-38H,3-16,29-30,39-40H2. The number of ether oxygens (including phenoxy) is 4. The molecule has 0 unspecified atom stereocenters. The molecule has 6 aliphatic rings. The maximum Gasteiger partial charge on any atom is 0.121 e. The summed E-state index contributed by atoms with van der Waals surface area (Å²) in [6.45, 7) is 2.53. The normalized spacial score (nSPS) is 16.3. The van der Waals surface area contributed by atoms with Crippen molar-refractivity contribution in [1.29, 1.82) is 0 Å². The molecule has 6 aliphatic heterocycles. The summed E-state index contributed by atoms with van der Waals surface area (Å²) in [4.78, 5) is 0. The Morgan fingerprint density at radius 3 is 0.823 bits per heavy atom. The molecule has 0 saturated heterocycles. The first-order chi connectivity index (χ1) is 30.7. The van der Waals surface area contributed by atoms with Gasteiger partial charge < -0.3 is 18.9 Å². The summed E-state index contributed by atoms with van der Waals surface area (Å²) in [5.74, 6) is 3.68. The fourth-order valence-electron chi connectivity index (χ4n) is 9.72. The van der Waals surface area contributed by atoms with E-state index < -0.39 is 0 Å². The Labute approximate surface area is 366 Å². The van der Waals surface area contributed by atoms with Crippen LogP contribution in [0.2, 0.25) is 0 Å². The van der Waals surface area contributed by atoms with E-state index in [-0.39, 0.29) is 0 Å². The number of allylic oxidation sites excluding steroid dienone is 2. The van der Waals surface area contributed by atoms with Crippen LogP contribution in [0.5, 0.6) is 23.0 Å². The van der Waals surface area contributed by atoms with E-state index in [9.17, 15) is 0 Å². The van der Waals surface area contributed by atoms with Crippen molar-refractivity contribution in [3.8, 4) is 23.0 Å². The first-order valence-electron chi connectivity index (χ1n) is 23.4. The SMILES string of the molecule is C1=CCCCCCCCCOc2cc3ccc4cc(cc5ccc(c2)c3c45)OCc2ccc(cc2)COc2cc3ccc4cc(cc5ccc(c2)c3c45)OCCCCCCCC1. The molecular weight excluding hydrogens is 761 g/mol. The summed E-state index contributed by atoms with van der Waals surface area (Å²) in [6, 6.07) is 43.9. The quantitative estimate of drug-likeness (QED) is 0.113. The van der Waals surface area contributed by atoms with Gasteiger partial charge in [-0.25, -0.2) is 0 Å². The molecule has 0 spiro atoms. The zero-order valence-electron chi connectivity index (χ0n) is 36.1. The van der Waals surface area contributed by atoms with Crippen molar-refractivity contribution in [2.75, 3.05) is 13.2 Å². The molecule has 0 fully saturated rings. The van der Waals surface area contributed by atoms with Crippen LogP contribution in [0.3, 0.4) is 0 Å². The third-order valence-electron chi connectivity index (χ3n) is 13.0. The van der Waals surface area contributed by atoms with Crippen molar-refractivity contribution >= 4 is 64.6 Å². The predicted molar refractivity (Wildman–Crippen MR) is 260 cm³/mol. The summed E-state index contributed by atoms with van der Waals surface area (Å²) < 4.78 is 25.4. The summed E-state index contributed by atoms with van der Waals surface area (Å²) >= 11 is 0. The highest BCUT2D eigenvalue weighted by Gasteiger charge is 2.14. The lowest BCUT2D eigenvalue weighted by Crippen LogP contribution is -1.99. The smallest absolute Gasteiger partial charge is 0.121 e. The third-order valence-corrected chi connectivity index (χ3v) is 13.0. The van der Waals surface area contributed by atoms with Gasteiger partial charge in [0.25, 0.3) is 0 Å². The third kappa shape index (κ3) is 9.12. The van der Waals surface area contributed by atoms with Gasteiger partial charge in [-0.1, -0.05) is 136 Å². The molecule has 314 valence electrons. The van der Waals surface area contributed by atoms with Crippen LogP contribution in [0.15, 0.2) is 133 Å². The van der Waals surface area contributed by atoms with Gasteiger partial charge in [-0.2, -0.15) is 0 Å². The lowest BCUT2D eigenvalue weighted by molar-refractivity contribution is 0.303. The van der Waals surface area contributed by atoms with E-state index in [1.807, 2.05) is 0 Å². The molecule has 0 atom stereocenters. The number of hydrogen-bond acceptors (Lipinski definition) is 4. The van der Waals surface area contributed by atoms with Crippen LogP contribution in [0.1, 0.15) is 101 Å². The largest absolute Gasteiger partial charge is 0.494 e. The summed E-state index contributed by atoms with van der Waals surface area (Å²) in [5.41, 5.74) is 2.24. The summed E-state index contributed by atoms with van der Waals surface area (Å²) in [5, 5.41) is 14.8. The molecule has 0 N–H and O–H groups in total.